The van der Waals surface area contributed by atoms with Crippen LogP contribution in [0.2, 0.25) is 0 Å². The fraction of sp³-hybridized carbons (Fsp3) is 0.484. The number of aromatic nitrogens is 2. The van der Waals surface area contributed by atoms with Gasteiger partial charge in [-0.05, 0) is 68.4 Å². The number of anilines is 1. The highest BCUT2D eigenvalue weighted by atomic mass is 32.2. The summed E-state index contributed by atoms with van der Waals surface area (Å²) < 4.78 is 47.6. The fourth-order valence-corrected chi connectivity index (χ4v) is 8.15. The second kappa shape index (κ2) is 10.4. The third kappa shape index (κ3) is 5.25. The molecule has 4 aliphatic rings. The van der Waals surface area contributed by atoms with Gasteiger partial charge in [-0.3, -0.25) is 9.59 Å². The van der Waals surface area contributed by atoms with Gasteiger partial charge in [0.05, 0.1) is 34.5 Å². The molecule has 2 aromatic carbocycles. The summed E-state index contributed by atoms with van der Waals surface area (Å²) in [6.07, 6.45) is 4.05. The van der Waals surface area contributed by atoms with Gasteiger partial charge in [-0.1, -0.05) is 38.1 Å². The molecule has 2 bridgehead atoms. The van der Waals surface area contributed by atoms with Gasteiger partial charge in [0.2, 0.25) is 11.8 Å². The number of amides is 2. The smallest absolute Gasteiger partial charge is 0.254 e. The van der Waals surface area contributed by atoms with E-state index in [4.69, 9.17) is 15.2 Å². The molecular formula is C31H36FN5O6S. The fourth-order valence-electron chi connectivity index (χ4n) is 6.59. The zero-order valence-electron chi connectivity index (χ0n) is 24.9. The molecular weight excluding hydrogens is 589 g/mol. The summed E-state index contributed by atoms with van der Waals surface area (Å²) in [5.74, 6) is -1.77. The molecule has 3 aromatic rings. The van der Waals surface area contributed by atoms with Gasteiger partial charge in [-0.2, -0.15) is 4.98 Å². The Morgan fingerprint density at radius 2 is 1.77 bits per heavy atom. The van der Waals surface area contributed by atoms with Crippen LogP contribution in [0.1, 0.15) is 86.9 Å². The van der Waals surface area contributed by atoms with Crippen molar-refractivity contribution in [3.8, 4) is 5.75 Å². The lowest BCUT2D eigenvalue weighted by Gasteiger charge is -2.52. The molecule has 11 nitrogen and oxygen atoms in total. The van der Waals surface area contributed by atoms with Crippen molar-refractivity contribution >= 4 is 27.3 Å². The van der Waals surface area contributed by atoms with Crippen molar-refractivity contribution in [2.45, 2.75) is 93.1 Å². The summed E-state index contributed by atoms with van der Waals surface area (Å²) in [5.41, 5.74) is 5.00. The number of nitrogens with zero attached hydrogens (tertiary/aromatic N) is 3. The molecule has 3 saturated carbocycles. The molecule has 2 amide bonds. The lowest BCUT2D eigenvalue weighted by Crippen LogP contribution is -2.58. The lowest BCUT2D eigenvalue weighted by molar-refractivity contribution is -0.119. The molecule has 234 valence electrons. The van der Waals surface area contributed by atoms with Crippen LogP contribution in [0.3, 0.4) is 0 Å². The number of nitrogens with two attached hydrogens (primary N) is 1. The molecule has 3 fully saturated rings. The van der Waals surface area contributed by atoms with Gasteiger partial charge >= 0.3 is 0 Å². The van der Waals surface area contributed by atoms with Crippen LogP contribution in [0.25, 0.3) is 0 Å². The Morgan fingerprint density at radius 1 is 1.14 bits per heavy atom. The zero-order valence-corrected chi connectivity index (χ0v) is 25.7. The van der Waals surface area contributed by atoms with Crippen LogP contribution in [0.15, 0.2) is 45.8 Å². The standard InChI is InChI=1S/C31H36FN5O6S/c1-29(2,3)27-34-28(43-36-27)30-8-11-31(12-9-30,13-10-30)35-25(39)20-14-23-24(15-21(20)32)44(41,42)17-22(33)26(40)37(23)16-18-4-6-19(38)7-5-18/h4-7,14-15,22,38H,8-13,16-17,33H2,1-3H3,(H,35,39)/t22-,30?,31?/m0/s1. The second-order valence-electron chi connectivity index (χ2n) is 13.5. The first-order chi connectivity index (χ1) is 20.6. The number of phenols is 1. The summed E-state index contributed by atoms with van der Waals surface area (Å²) >= 11 is 0. The maximum atomic E-state index is 15.6. The first-order valence-corrected chi connectivity index (χ1v) is 16.4. The van der Waals surface area contributed by atoms with Crippen molar-refractivity contribution in [2.75, 3.05) is 10.7 Å². The monoisotopic (exact) mass is 625 g/mol. The number of fused-ring (bicyclic) bond motifs is 4. The van der Waals surface area contributed by atoms with E-state index >= 15 is 4.39 Å². The van der Waals surface area contributed by atoms with E-state index in [-0.39, 0.29) is 34.4 Å². The Hall–Kier alpha value is -3.84. The number of hydrogen-bond acceptors (Lipinski definition) is 9. The van der Waals surface area contributed by atoms with Crippen molar-refractivity contribution in [1.29, 1.82) is 0 Å². The molecule has 0 unspecified atom stereocenters. The SMILES string of the molecule is CC(C)(C)c1noc(C23CCC(NC(=O)c4cc5c(cc4F)S(=O)(=O)C[C@H](N)C(=O)N5Cc4ccc(O)cc4)(CC2)CC3)n1. The van der Waals surface area contributed by atoms with E-state index in [1.165, 1.54) is 12.1 Å². The van der Waals surface area contributed by atoms with E-state index < -0.39 is 49.7 Å². The molecule has 3 aliphatic carbocycles. The third-order valence-corrected chi connectivity index (χ3v) is 11.1. The lowest BCUT2D eigenvalue weighted by atomic mass is 9.57. The van der Waals surface area contributed by atoms with Gasteiger partial charge in [0, 0.05) is 16.4 Å². The molecule has 0 spiro atoms. The number of carbonyl (C=O) groups is 2. The highest BCUT2D eigenvalue weighted by Crippen LogP contribution is 2.53. The number of sulfone groups is 1. The number of phenolic OH excluding ortho intramolecular Hbond substituents is 1. The summed E-state index contributed by atoms with van der Waals surface area (Å²) in [7, 11) is -4.16. The molecule has 44 heavy (non-hydrogen) atoms. The van der Waals surface area contributed by atoms with Gasteiger partial charge in [0.1, 0.15) is 11.6 Å². The number of nitrogens with one attached hydrogen (secondary N) is 1. The van der Waals surface area contributed by atoms with E-state index in [0.717, 1.165) is 36.3 Å². The minimum atomic E-state index is -4.16. The Bertz CT molecular complexity index is 1720. The van der Waals surface area contributed by atoms with Gasteiger partial charge in [-0.25, -0.2) is 12.8 Å². The highest BCUT2D eigenvalue weighted by molar-refractivity contribution is 7.91. The first kappa shape index (κ1) is 30.2. The van der Waals surface area contributed by atoms with Crippen molar-refractivity contribution in [1.82, 2.24) is 15.5 Å². The normalized spacial score (nSPS) is 26.2. The van der Waals surface area contributed by atoms with Gasteiger partial charge in [-0.15, -0.1) is 0 Å². The van der Waals surface area contributed by atoms with Gasteiger partial charge < -0.3 is 25.6 Å². The summed E-state index contributed by atoms with van der Waals surface area (Å²) in [6.45, 7) is 5.97. The second-order valence-corrected chi connectivity index (χ2v) is 15.5. The van der Waals surface area contributed by atoms with Crippen molar-refractivity contribution in [3.63, 3.8) is 0 Å². The third-order valence-electron chi connectivity index (χ3n) is 9.35. The predicted octanol–water partition coefficient (Wildman–Crippen LogP) is 3.63. The van der Waals surface area contributed by atoms with Crippen LogP contribution in [0.4, 0.5) is 10.1 Å². The molecule has 0 radical (unpaired) electrons. The molecule has 1 aromatic heterocycles. The van der Waals surface area contributed by atoms with Crippen LogP contribution >= 0.6 is 0 Å². The number of rotatable bonds is 5. The first-order valence-electron chi connectivity index (χ1n) is 14.7. The van der Waals surface area contributed by atoms with E-state index in [2.05, 4.69) is 10.5 Å². The number of halogens is 1. The largest absolute Gasteiger partial charge is 0.508 e. The number of benzene rings is 2. The minimum Gasteiger partial charge on any atom is -0.508 e. The molecule has 0 saturated heterocycles. The van der Waals surface area contributed by atoms with Crippen LogP contribution in [0.5, 0.6) is 5.75 Å². The topological polar surface area (TPSA) is 169 Å². The maximum Gasteiger partial charge on any atom is 0.254 e. The van der Waals surface area contributed by atoms with Gasteiger partial charge in [0.25, 0.3) is 5.91 Å². The summed E-state index contributed by atoms with van der Waals surface area (Å²) in [6, 6.07) is 6.58. The molecule has 2 heterocycles. The van der Waals surface area contributed by atoms with E-state index in [1.54, 1.807) is 12.1 Å². The average Bonchev–Trinajstić information content (AvgIpc) is 3.47. The number of carbonyl (C=O) groups excluding carboxylic acids is 2. The Labute approximate surface area is 254 Å². The predicted molar refractivity (Wildman–Crippen MR) is 158 cm³/mol. The van der Waals surface area contributed by atoms with E-state index in [1.807, 2.05) is 20.8 Å². The molecule has 1 atom stereocenters. The Kier molecular flexibility index (Phi) is 7.12. The van der Waals surface area contributed by atoms with Crippen molar-refractivity contribution < 1.29 is 32.0 Å². The molecule has 7 rings (SSSR count). The van der Waals surface area contributed by atoms with Crippen LogP contribution in [-0.2, 0) is 32.0 Å². The Morgan fingerprint density at radius 3 is 2.36 bits per heavy atom. The molecule has 4 N–H and O–H groups in total. The minimum absolute atomic E-state index is 0.0189. The van der Waals surface area contributed by atoms with Crippen molar-refractivity contribution in [2.24, 2.45) is 5.73 Å². The summed E-state index contributed by atoms with van der Waals surface area (Å²) in [4.78, 5) is 32.5. The van der Waals surface area contributed by atoms with E-state index in [9.17, 15) is 23.1 Å². The van der Waals surface area contributed by atoms with Crippen LogP contribution < -0.4 is 16.0 Å². The van der Waals surface area contributed by atoms with Crippen LogP contribution in [0, 0.1) is 5.82 Å². The van der Waals surface area contributed by atoms with Crippen molar-refractivity contribution in [3.05, 3.63) is 65.1 Å². The maximum absolute atomic E-state index is 15.6. The molecule has 1 aliphatic heterocycles. The number of hydrogen-bond donors (Lipinski definition) is 3. The number of aromatic hydroxyl groups is 1. The average molecular weight is 626 g/mol. The van der Waals surface area contributed by atoms with Gasteiger partial charge in [0.15, 0.2) is 15.7 Å². The molecule has 13 heteroatoms. The highest BCUT2D eigenvalue weighted by Gasteiger charge is 2.53. The quantitative estimate of drug-likeness (QED) is 0.383. The summed E-state index contributed by atoms with van der Waals surface area (Å²) in [5, 5.41) is 16.9. The van der Waals surface area contributed by atoms with Crippen LogP contribution in [-0.4, -0.2) is 52.8 Å². The Balaban J connectivity index is 1.28. The van der Waals surface area contributed by atoms with E-state index in [0.29, 0.717) is 36.5 Å². The zero-order chi connectivity index (χ0) is 31.7.